The summed E-state index contributed by atoms with van der Waals surface area (Å²) in [5, 5.41) is 11.5. The van der Waals surface area contributed by atoms with Gasteiger partial charge >= 0.3 is 6.18 Å². The molecule has 0 radical (unpaired) electrons. The maximum absolute atomic E-state index is 12.6. The quantitative estimate of drug-likeness (QED) is 0.558. The van der Waals surface area contributed by atoms with Crippen molar-refractivity contribution in [1.29, 1.82) is 0 Å². The third-order valence-corrected chi connectivity index (χ3v) is 4.74. The van der Waals surface area contributed by atoms with Crippen LogP contribution in [-0.4, -0.2) is 41.9 Å². The van der Waals surface area contributed by atoms with Crippen molar-refractivity contribution >= 4 is 28.9 Å². The predicted molar refractivity (Wildman–Crippen MR) is 97.7 cm³/mol. The summed E-state index contributed by atoms with van der Waals surface area (Å²) in [7, 11) is 0. The molecule has 1 saturated heterocycles. The maximum Gasteiger partial charge on any atom is 0.416 e. The first kappa shape index (κ1) is 19.9. The number of halogens is 4. The number of anilines is 1. The van der Waals surface area contributed by atoms with E-state index in [4.69, 9.17) is 11.6 Å². The molecule has 1 aliphatic rings. The molecule has 10 heteroatoms. The van der Waals surface area contributed by atoms with Gasteiger partial charge in [0.05, 0.1) is 10.5 Å². The molecule has 1 aliphatic heterocycles. The van der Waals surface area contributed by atoms with Gasteiger partial charge < -0.3 is 9.80 Å². The van der Waals surface area contributed by atoms with Crippen molar-refractivity contribution in [2.24, 2.45) is 0 Å². The summed E-state index contributed by atoms with van der Waals surface area (Å²) in [5.41, 5.74) is -0.353. The van der Waals surface area contributed by atoms with Gasteiger partial charge in [-0.3, -0.25) is 14.9 Å². The molecular weight excluding hydrogens is 399 g/mol. The number of nitro benzene ring substituents is 1. The van der Waals surface area contributed by atoms with Crippen LogP contribution in [0.15, 0.2) is 42.5 Å². The average molecular weight is 414 g/mol. The van der Waals surface area contributed by atoms with E-state index in [2.05, 4.69) is 0 Å². The molecule has 2 aromatic carbocycles. The fourth-order valence-corrected chi connectivity index (χ4v) is 3.21. The van der Waals surface area contributed by atoms with E-state index in [0.29, 0.717) is 31.9 Å². The molecule has 0 aromatic heterocycles. The molecule has 3 rings (SSSR count). The number of amides is 1. The van der Waals surface area contributed by atoms with Crippen molar-refractivity contribution < 1.29 is 22.9 Å². The van der Waals surface area contributed by atoms with Crippen LogP contribution < -0.4 is 4.90 Å². The van der Waals surface area contributed by atoms with E-state index in [1.165, 1.54) is 11.0 Å². The molecule has 1 amide bonds. The number of carbonyl (C=O) groups excluding carboxylic acids is 1. The zero-order chi connectivity index (χ0) is 20.5. The fourth-order valence-electron chi connectivity index (χ4n) is 3.05. The molecule has 6 nitrogen and oxygen atoms in total. The Morgan fingerprint density at radius 1 is 1.04 bits per heavy atom. The van der Waals surface area contributed by atoms with Gasteiger partial charge in [-0.05, 0) is 36.4 Å². The number of piperazine rings is 1. The molecule has 0 aliphatic carbocycles. The first-order chi connectivity index (χ1) is 13.2. The normalized spacial score (nSPS) is 14.9. The SMILES string of the molecule is O=C(c1ccc(C(F)(F)F)cc1)N1CCN(c2ccc(Cl)cc2[N+](=O)[O-])CC1. The van der Waals surface area contributed by atoms with Gasteiger partial charge in [-0.15, -0.1) is 0 Å². The highest BCUT2D eigenvalue weighted by Crippen LogP contribution is 2.32. The Labute approximate surface area is 163 Å². The van der Waals surface area contributed by atoms with Gasteiger partial charge in [0.1, 0.15) is 5.69 Å². The zero-order valence-corrected chi connectivity index (χ0v) is 15.2. The van der Waals surface area contributed by atoms with E-state index < -0.39 is 16.7 Å². The van der Waals surface area contributed by atoms with E-state index in [9.17, 15) is 28.1 Å². The highest BCUT2D eigenvalue weighted by Gasteiger charge is 2.31. The van der Waals surface area contributed by atoms with Crippen LogP contribution >= 0.6 is 11.6 Å². The summed E-state index contributed by atoms with van der Waals surface area (Å²) in [6.45, 7) is 1.29. The van der Waals surface area contributed by atoms with Crippen molar-refractivity contribution in [3.05, 3.63) is 68.7 Å². The lowest BCUT2D eigenvalue weighted by molar-refractivity contribution is -0.384. The van der Waals surface area contributed by atoms with Crippen molar-refractivity contribution in [1.82, 2.24) is 4.90 Å². The molecule has 0 spiro atoms. The molecule has 28 heavy (non-hydrogen) atoms. The van der Waals surface area contributed by atoms with Crippen LogP contribution in [0, 0.1) is 10.1 Å². The molecule has 1 heterocycles. The lowest BCUT2D eigenvalue weighted by Crippen LogP contribution is -2.49. The largest absolute Gasteiger partial charge is 0.416 e. The van der Waals surface area contributed by atoms with Crippen LogP contribution in [0.25, 0.3) is 0 Å². The lowest BCUT2D eigenvalue weighted by atomic mass is 10.1. The number of alkyl halides is 3. The molecule has 148 valence electrons. The number of nitro groups is 1. The van der Waals surface area contributed by atoms with E-state index in [0.717, 1.165) is 24.3 Å². The van der Waals surface area contributed by atoms with Gasteiger partial charge in [0.2, 0.25) is 0 Å². The Morgan fingerprint density at radius 2 is 1.64 bits per heavy atom. The second-order valence-electron chi connectivity index (χ2n) is 6.24. The van der Waals surface area contributed by atoms with E-state index in [1.807, 2.05) is 0 Å². The minimum absolute atomic E-state index is 0.116. The second-order valence-corrected chi connectivity index (χ2v) is 6.68. The third-order valence-electron chi connectivity index (χ3n) is 4.50. The molecule has 0 atom stereocenters. The monoisotopic (exact) mass is 413 g/mol. The summed E-state index contributed by atoms with van der Waals surface area (Å²) in [4.78, 5) is 26.6. The standard InChI is InChI=1S/C18H15ClF3N3O3/c19-14-5-6-15(16(11-14)25(27)28)23-7-9-24(10-8-23)17(26)12-1-3-13(4-2-12)18(20,21)22/h1-6,11H,7-10H2. The summed E-state index contributed by atoms with van der Waals surface area (Å²) >= 11 is 5.83. The highest BCUT2D eigenvalue weighted by atomic mass is 35.5. The van der Waals surface area contributed by atoms with Gasteiger partial charge in [-0.25, -0.2) is 0 Å². The maximum atomic E-state index is 12.6. The summed E-state index contributed by atoms with van der Waals surface area (Å²) in [5.74, 6) is -0.376. The van der Waals surface area contributed by atoms with E-state index >= 15 is 0 Å². The van der Waals surface area contributed by atoms with Crippen molar-refractivity contribution in [2.45, 2.75) is 6.18 Å². The summed E-state index contributed by atoms with van der Waals surface area (Å²) in [6, 6.07) is 8.46. The molecule has 0 bridgehead atoms. The Balaban J connectivity index is 1.69. The number of hydrogen-bond donors (Lipinski definition) is 0. The minimum Gasteiger partial charge on any atom is -0.362 e. The summed E-state index contributed by atoms with van der Waals surface area (Å²) in [6.07, 6.45) is -4.46. The Hall–Kier alpha value is -2.81. The second kappa shape index (κ2) is 7.67. The average Bonchev–Trinajstić information content (AvgIpc) is 2.67. The highest BCUT2D eigenvalue weighted by molar-refractivity contribution is 6.30. The molecular formula is C18H15ClF3N3O3. The summed E-state index contributed by atoms with van der Waals surface area (Å²) < 4.78 is 37.9. The smallest absolute Gasteiger partial charge is 0.362 e. The van der Waals surface area contributed by atoms with Crippen LogP contribution in [0.4, 0.5) is 24.5 Å². The Kier molecular flexibility index (Phi) is 5.46. The Bertz CT molecular complexity index is 895. The zero-order valence-electron chi connectivity index (χ0n) is 14.4. The van der Waals surface area contributed by atoms with E-state index in [1.54, 1.807) is 17.0 Å². The number of hydrogen-bond acceptors (Lipinski definition) is 4. The van der Waals surface area contributed by atoms with Crippen molar-refractivity contribution in [3.63, 3.8) is 0 Å². The topological polar surface area (TPSA) is 66.7 Å². The lowest BCUT2D eigenvalue weighted by Gasteiger charge is -2.35. The van der Waals surface area contributed by atoms with Gasteiger partial charge in [0.15, 0.2) is 0 Å². The van der Waals surface area contributed by atoms with Gasteiger partial charge in [0.25, 0.3) is 11.6 Å². The molecule has 2 aromatic rings. The van der Waals surface area contributed by atoms with E-state index in [-0.39, 0.29) is 22.2 Å². The number of carbonyl (C=O) groups is 1. The third kappa shape index (κ3) is 4.19. The van der Waals surface area contributed by atoms with Crippen molar-refractivity contribution in [3.8, 4) is 0 Å². The minimum atomic E-state index is -4.46. The first-order valence-corrected chi connectivity index (χ1v) is 8.70. The molecule has 0 saturated carbocycles. The van der Waals surface area contributed by atoms with Crippen LogP contribution in [0.1, 0.15) is 15.9 Å². The van der Waals surface area contributed by atoms with Gasteiger partial charge in [0, 0.05) is 42.8 Å². The fraction of sp³-hybridized carbons (Fsp3) is 0.278. The number of benzene rings is 2. The van der Waals surface area contributed by atoms with Crippen LogP contribution in [0.5, 0.6) is 0 Å². The molecule has 0 N–H and O–H groups in total. The van der Waals surface area contributed by atoms with Crippen LogP contribution in [0.3, 0.4) is 0 Å². The predicted octanol–water partition coefficient (Wildman–Crippen LogP) is 4.23. The molecule has 1 fully saturated rings. The number of nitrogens with zero attached hydrogens (tertiary/aromatic N) is 3. The van der Waals surface area contributed by atoms with Gasteiger partial charge in [-0.2, -0.15) is 13.2 Å². The van der Waals surface area contributed by atoms with Crippen LogP contribution in [-0.2, 0) is 6.18 Å². The van der Waals surface area contributed by atoms with Crippen molar-refractivity contribution in [2.75, 3.05) is 31.1 Å². The number of rotatable bonds is 3. The molecule has 0 unspecified atom stereocenters. The van der Waals surface area contributed by atoms with Crippen LogP contribution in [0.2, 0.25) is 5.02 Å². The first-order valence-electron chi connectivity index (χ1n) is 8.32. The Morgan fingerprint density at radius 3 is 2.18 bits per heavy atom. The van der Waals surface area contributed by atoms with Gasteiger partial charge in [-0.1, -0.05) is 11.6 Å².